The second-order valence-electron chi connectivity index (χ2n) is 4.45. The smallest absolute Gasteiger partial charge is 0.0206 e. The van der Waals surface area contributed by atoms with E-state index < -0.39 is 0 Å². The highest BCUT2D eigenvalue weighted by Crippen LogP contribution is 1.97. The van der Waals surface area contributed by atoms with Crippen molar-refractivity contribution in [1.29, 1.82) is 0 Å². The Kier molecular flexibility index (Phi) is 7.69. The van der Waals surface area contributed by atoms with Crippen LogP contribution >= 0.6 is 0 Å². The molecule has 17 heavy (non-hydrogen) atoms. The molecule has 2 heteroatoms. The highest BCUT2D eigenvalue weighted by Gasteiger charge is 2.00. The van der Waals surface area contributed by atoms with Crippen molar-refractivity contribution in [3.8, 4) is 0 Å². The molecule has 0 atom stereocenters. The van der Waals surface area contributed by atoms with Crippen molar-refractivity contribution in [1.82, 2.24) is 10.2 Å². The van der Waals surface area contributed by atoms with Crippen molar-refractivity contribution in [2.45, 2.75) is 33.2 Å². The maximum Gasteiger partial charge on any atom is 0.0206 e. The molecule has 0 spiro atoms. The van der Waals surface area contributed by atoms with Gasteiger partial charge in [0.15, 0.2) is 0 Å². The fraction of sp³-hybridized carbons (Fsp3) is 0.600. The lowest BCUT2D eigenvalue weighted by Gasteiger charge is -2.20. The Morgan fingerprint density at radius 1 is 1.06 bits per heavy atom. The first-order valence-corrected chi connectivity index (χ1v) is 6.83. The van der Waals surface area contributed by atoms with Crippen LogP contribution in [0.1, 0.15) is 32.3 Å². The summed E-state index contributed by atoms with van der Waals surface area (Å²) in [6, 6.07) is 10.6. The number of rotatable bonds is 9. The van der Waals surface area contributed by atoms with Gasteiger partial charge in [-0.05, 0) is 25.1 Å². The zero-order chi connectivity index (χ0) is 12.3. The summed E-state index contributed by atoms with van der Waals surface area (Å²) in [4.78, 5) is 2.52. The fourth-order valence-corrected chi connectivity index (χ4v) is 1.88. The first-order valence-electron chi connectivity index (χ1n) is 6.83. The van der Waals surface area contributed by atoms with Gasteiger partial charge in [-0.15, -0.1) is 0 Å². The van der Waals surface area contributed by atoms with Gasteiger partial charge in [-0.1, -0.05) is 50.6 Å². The van der Waals surface area contributed by atoms with Gasteiger partial charge in [0.05, 0.1) is 0 Å². The molecular formula is C15H26N2. The summed E-state index contributed by atoms with van der Waals surface area (Å²) < 4.78 is 0. The molecule has 1 N–H and O–H groups in total. The van der Waals surface area contributed by atoms with E-state index in [1.807, 2.05) is 0 Å². The molecule has 1 aromatic carbocycles. The predicted molar refractivity (Wildman–Crippen MR) is 75.2 cm³/mol. The molecule has 2 nitrogen and oxygen atoms in total. The van der Waals surface area contributed by atoms with Gasteiger partial charge in [-0.3, -0.25) is 0 Å². The molecule has 0 aromatic heterocycles. The highest BCUT2D eigenvalue weighted by atomic mass is 15.1. The van der Waals surface area contributed by atoms with Gasteiger partial charge in [0.1, 0.15) is 0 Å². The lowest BCUT2D eigenvalue weighted by atomic mass is 10.2. The predicted octanol–water partition coefficient (Wildman–Crippen LogP) is 2.90. The Balaban J connectivity index is 2.10. The summed E-state index contributed by atoms with van der Waals surface area (Å²) >= 11 is 0. The summed E-state index contributed by atoms with van der Waals surface area (Å²) in [5.41, 5.74) is 1.36. The molecule has 0 heterocycles. The summed E-state index contributed by atoms with van der Waals surface area (Å²) in [6.45, 7) is 10.1. The van der Waals surface area contributed by atoms with Crippen LogP contribution in [-0.4, -0.2) is 31.1 Å². The largest absolute Gasteiger partial charge is 0.311 e. The third kappa shape index (κ3) is 6.44. The van der Waals surface area contributed by atoms with Gasteiger partial charge >= 0.3 is 0 Å². The van der Waals surface area contributed by atoms with E-state index >= 15 is 0 Å². The lowest BCUT2D eigenvalue weighted by molar-refractivity contribution is 0.282. The standard InChI is InChI=1S/C15H26N2/c1-3-5-12-17(4-2)13-11-16-14-15-9-7-6-8-10-15/h6-10,16H,3-5,11-14H2,1-2H3. The van der Waals surface area contributed by atoms with Gasteiger partial charge in [0.25, 0.3) is 0 Å². The third-order valence-electron chi connectivity index (χ3n) is 3.05. The van der Waals surface area contributed by atoms with Gasteiger partial charge in [0, 0.05) is 19.6 Å². The van der Waals surface area contributed by atoms with E-state index in [1.165, 1.54) is 24.9 Å². The Morgan fingerprint density at radius 2 is 1.82 bits per heavy atom. The first kappa shape index (κ1) is 14.2. The van der Waals surface area contributed by atoms with E-state index in [0.717, 1.165) is 26.2 Å². The molecule has 1 aromatic rings. The molecule has 0 unspecified atom stereocenters. The average molecular weight is 234 g/mol. The molecule has 0 saturated heterocycles. The average Bonchev–Trinajstić information content (AvgIpc) is 2.39. The molecule has 0 aliphatic rings. The van der Waals surface area contributed by atoms with E-state index in [2.05, 4.69) is 54.4 Å². The molecule has 1 rings (SSSR count). The second kappa shape index (κ2) is 9.20. The van der Waals surface area contributed by atoms with E-state index in [4.69, 9.17) is 0 Å². The van der Waals surface area contributed by atoms with Crippen LogP contribution in [0.4, 0.5) is 0 Å². The number of nitrogens with zero attached hydrogens (tertiary/aromatic N) is 1. The number of benzene rings is 1. The van der Waals surface area contributed by atoms with Gasteiger partial charge in [-0.25, -0.2) is 0 Å². The molecule has 0 bridgehead atoms. The topological polar surface area (TPSA) is 15.3 Å². The number of likely N-dealkylation sites (N-methyl/N-ethyl adjacent to an activating group) is 1. The first-order chi connectivity index (χ1) is 8.36. The maximum absolute atomic E-state index is 3.50. The number of nitrogens with one attached hydrogen (secondary N) is 1. The van der Waals surface area contributed by atoms with Crippen LogP contribution in [0.15, 0.2) is 30.3 Å². The van der Waals surface area contributed by atoms with Crippen molar-refractivity contribution >= 4 is 0 Å². The molecule has 0 fully saturated rings. The Hall–Kier alpha value is -0.860. The molecule has 0 saturated carbocycles. The summed E-state index contributed by atoms with van der Waals surface area (Å²) in [5.74, 6) is 0. The zero-order valence-corrected chi connectivity index (χ0v) is 11.3. The van der Waals surface area contributed by atoms with Crippen LogP contribution in [0.3, 0.4) is 0 Å². The highest BCUT2D eigenvalue weighted by molar-refractivity contribution is 5.14. The third-order valence-corrected chi connectivity index (χ3v) is 3.05. The Labute approximate surface area is 106 Å². The fourth-order valence-electron chi connectivity index (χ4n) is 1.88. The quantitative estimate of drug-likeness (QED) is 0.661. The van der Waals surface area contributed by atoms with Crippen LogP contribution in [0.2, 0.25) is 0 Å². The minimum absolute atomic E-state index is 0.978. The van der Waals surface area contributed by atoms with Crippen molar-refractivity contribution in [2.24, 2.45) is 0 Å². The summed E-state index contributed by atoms with van der Waals surface area (Å²) in [5, 5.41) is 3.50. The number of hydrogen-bond acceptors (Lipinski definition) is 2. The van der Waals surface area contributed by atoms with Crippen LogP contribution in [0, 0.1) is 0 Å². The minimum Gasteiger partial charge on any atom is -0.311 e. The van der Waals surface area contributed by atoms with Crippen LogP contribution < -0.4 is 5.32 Å². The number of unbranched alkanes of at least 4 members (excludes halogenated alkanes) is 1. The zero-order valence-electron chi connectivity index (χ0n) is 11.3. The van der Waals surface area contributed by atoms with Gasteiger partial charge in [0.2, 0.25) is 0 Å². The molecule has 0 aliphatic heterocycles. The van der Waals surface area contributed by atoms with Crippen LogP contribution in [0.5, 0.6) is 0 Å². The van der Waals surface area contributed by atoms with E-state index in [-0.39, 0.29) is 0 Å². The van der Waals surface area contributed by atoms with E-state index in [9.17, 15) is 0 Å². The monoisotopic (exact) mass is 234 g/mol. The molecule has 0 aliphatic carbocycles. The Morgan fingerprint density at radius 3 is 2.47 bits per heavy atom. The van der Waals surface area contributed by atoms with Crippen LogP contribution in [-0.2, 0) is 6.54 Å². The van der Waals surface area contributed by atoms with Crippen molar-refractivity contribution < 1.29 is 0 Å². The second-order valence-corrected chi connectivity index (χ2v) is 4.45. The maximum atomic E-state index is 3.50. The van der Waals surface area contributed by atoms with Gasteiger partial charge in [-0.2, -0.15) is 0 Å². The molecule has 0 radical (unpaired) electrons. The lowest BCUT2D eigenvalue weighted by Crippen LogP contribution is -2.32. The van der Waals surface area contributed by atoms with E-state index in [1.54, 1.807) is 0 Å². The minimum atomic E-state index is 0.978. The number of hydrogen-bond donors (Lipinski definition) is 1. The van der Waals surface area contributed by atoms with Crippen LogP contribution in [0.25, 0.3) is 0 Å². The SMILES string of the molecule is CCCCN(CC)CCNCc1ccccc1. The van der Waals surface area contributed by atoms with Crippen molar-refractivity contribution in [3.63, 3.8) is 0 Å². The summed E-state index contributed by atoms with van der Waals surface area (Å²) in [6.07, 6.45) is 2.60. The van der Waals surface area contributed by atoms with Crippen molar-refractivity contribution in [2.75, 3.05) is 26.2 Å². The molecular weight excluding hydrogens is 208 g/mol. The summed E-state index contributed by atoms with van der Waals surface area (Å²) in [7, 11) is 0. The molecule has 96 valence electrons. The normalized spacial score (nSPS) is 11.0. The van der Waals surface area contributed by atoms with Crippen molar-refractivity contribution in [3.05, 3.63) is 35.9 Å². The van der Waals surface area contributed by atoms with E-state index in [0.29, 0.717) is 0 Å². The Bertz CT molecular complexity index is 272. The molecule has 0 amide bonds. The van der Waals surface area contributed by atoms with Gasteiger partial charge < -0.3 is 10.2 Å².